The molecule has 0 aliphatic rings. The van der Waals surface area contributed by atoms with E-state index in [0.717, 1.165) is 6.42 Å². The molecular formula is C7H16Cl2N2. The van der Waals surface area contributed by atoms with E-state index in [1.54, 1.807) is 0 Å². The quantitative estimate of drug-likeness (QED) is 0.713. The number of nitrogens with one attached hydrogen (secondary N) is 1. The summed E-state index contributed by atoms with van der Waals surface area (Å²) in [5, 5.41) is 0. The minimum atomic E-state index is 0. The number of H-pyrrole nitrogens is 1. The van der Waals surface area contributed by atoms with E-state index in [4.69, 9.17) is 0 Å². The first-order valence-corrected chi connectivity index (χ1v) is 3.13. The van der Waals surface area contributed by atoms with E-state index >= 15 is 0 Å². The second-order valence-corrected chi connectivity index (χ2v) is 1.55. The van der Waals surface area contributed by atoms with Gasteiger partial charge in [-0.05, 0) is 25.6 Å². The Kier molecular flexibility index (Phi) is 19.4. The average molecular weight is 199 g/mol. The number of halogens is 2. The molecule has 68 valence electrons. The molecular weight excluding hydrogens is 183 g/mol. The second kappa shape index (κ2) is 12.5. The molecule has 0 saturated carbocycles. The van der Waals surface area contributed by atoms with Gasteiger partial charge in [0.2, 0.25) is 0 Å². The highest BCUT2D eigenvalue weighted by atomic mass is 35.5. The summed E-state index contributed by atoms with van der Waals surface area (Å²) in [7, 11) is 1.50. The predicted molar refractivity (Wildman–Crippen MR) is 54.8 cm³/mol. The lowest BCUT2D eigenvalue weighted by Gasteiger charge is -1.81. The van der Waals surface area contributed by atoms with E-state index in [-0.39, 0.29) is 24.8 Å². The molecule has 0 aliphatic carbocycles. The van der Waals surface area contributed by atoms with Crippen molar-refractivity contribution in [3.8, 4) is 0 Å². The van der Waals surface area contributed by atoms with Crippen LogP contribution >= 0.6 is 24.8 Å². The van der Waals surface area contributed by atoms with Crippen LogP contribution in [-0.4, -0.2) is 12.0 Å². The standard InChI is InChI=1S/C6H9N.CH5N.2ClH/c1-2-6-4-3-5-7-6;1-2;;/h3-5,7H,2H2,1H3;2H2,1H3;2*1H. The van der Waals surface area contributed by atoms with Gasteiger partial charge in [-0.15, -0.1) is 24.8 Å². The van der Waals surface area contributed by atoms with E-state index in [0.29, 0.717) is 0 Å². The molecule has 1 aromatic heterocycles. The minimum absolute atomic E-state index is 0. The molecule has 0 aromatic carbocycles. The van der Waals surface area contributed by atoms with Gasteiger partial charge in [-0.25, -0.2) is 0 Å². The Bertz CT molecular complexity index is 129. The lowest BCUT2D eigenvalue weighted by atomic mass is 10.4. The van der Waals surface area contributed by atoms with Gasteiger partial charge in [-0.2, -0.15) is 0 Å². The van der Waals surface area contributed by atoms with Crippen LogP contribution in [0.3, 0.4) is 0 Å². The smallest absolute Gasteiger partial charge is 0.0144 e. The Morgan fingerprint density at radius 3 is 2.09 bits per heavy atom. The van der Waals surface area contributed by atoms with Crippen LogP contribution in [0, 0.1) is 0 Å². The molecule has 2 nitrogen and oxygen atoms in total. The number of rotatable bonds is 1. The monoisotopic (exact) mass is 198 g/mol. The van der Waals surface area contributed by atoms with Crippen LogP contribution in [0.5, 0.6) is 0 Å². The Morgan fingerprint density at radius 2 is 1.91 bits per heavy atom. The number of aromatic amines is 1. The van der Waals surface area contributed by atoms with Crippen molar-refractivity contribution < 1.29 is 0 Å². The van der Waals surface area contributed by atoms with Gasteiger partial charge in [0.1, 0.15) is 0 Å². The van der Waals surface area contributed by atoms with Crippen molar-refractivity contribution in [3.05, 3.63) is 24.0 Å². The van der Waals surface area contributed by atoms with Crippen LogP contribution in [0.2, 0.25) is 0 Å². The maximum absolute atomic E-state index is 4.50. The second-order valence-electron chi connectivity index (χ2n) is 1.55. The van der Waals surface area contributed by atoms with Gasteiger partial charge in [0.15, 0.2) is 0 Å². The Balaban J connectivity index is -0.000000149. The topological polar surface area (TPSA) is 41.8 Å². The molecule has 0 fully saturated rings. The van der Waals surface area contributed by atoms with E-state index in [1.165, 1.54) is 12.7 Å². The lowest BCUT2D eigenvalue weighted by Crippen LogP contribution is -1.73. The lowest BCUT2D eigenvalue weighted by molar-refractivity contribution is 1.06. The Hall–Kier alpha value is -0.180. The van der Waals surface area contributed by atoms with Gasteiger partial charge in [-0.1, -0.05) is 6.92 Å². The highest BCUT2D eigenvalue weighted by Gasteiger charge is 1.80. The highest BCUT2D eigenvalue weighted by Crippen LogP contribution is 1.92. The summed E-state index contributed by atoms with van der Waals surface area (Å²) in [6.45, 7) is 2.13. The molecule has 0 atom stereocenters. The zero-order chi connectivity index (χ0) is 7.11. The molecule has 3 N–H and O–H groups in total. The molecule has 1 heterocycles. The van der Waals surface area contributed by atoms with Crippen molar-refractivity contribution in [2.24, 2.45) is 5.73 Å². The van der Waals surface area contributed by atoms with Gasteiger partial charge in [0.25, 0.3) is 0 Å². The van der Waals surface area contributed by atoms with Gasteiger partial charge in [-0.3, -0.25) is 0 Å². The van der Waals surface area contributed by atoms with E-state index in [2.05, 4.69) is 23.7 Å². The SMILES string of the molecule is CCc1ccc[nH]1.CN.Cl.Cl. The number of aryl methyl sites for hydroxylation is 1. The first-order chi connectivity index (χ1) is 4.43. The number of nitrogens with two attached hydrogens (primary N) is 1. The van der Waals surface area contributed by atoms with E-state index in [1.807, 2.05) is 12.3 Å². The average Bonchev–Trinajstić information content (AvgIpc) is 2.43. The van der Waals surface area contributed by atoms with Crippen molar-refractivity contribution in [3.63, 3.8) is 0 Å². The van der Waals surface area contributed by atoms with Gasteiger partial charge in [0.05, 0.1) is 0 Å². The number of aromatic nitrogens is 1. The number of hydrogen-bond donors (Lipinski definition) is 2. The van der Waals surface area contributed by atoms with Crippen molar-refractivity contribution >= 4 is 24.8 Å². The first-order valence-electron chi connectivity index (χ1n) is 3.13. The van der Waals surface area contributed by atoms with Crippen molar-refractivity contribution in [1.82, 2.24) is 4.98 Å². The molecule has 1 rings (SSSR count). The summed E-state index contributed by atoms with van der Waals surface area (Å²) < 4.78 is 0. The third-order valence-corrected chi connectivity index (χ3v) is 1.04. The van der Waals surface area contributed by atoms with Crippen molar-refractivity contribution in [1.29, 1.82) is 0 Å². The zero-order valence-electron chi connectivity index (χ0n) is 6.83. The molecule has 4 heteroatoms. The first kappa shape index (κ1) is 17.1. The van der Waals surface area contributed by atoms with Crippen molar-refractivity contribution in [2.75, 3.05) is 7.05 Å². The van der Waals surface area contributed by atoms with E-state index in [9.17, 15) is 0 Å². The summed E-state index contributed by atoms with van der Waals surface area (Å²) in [5.41, 5.74) is 5.81. The summed E-state index contributed by atoms with van der Waals surface area (Å²) in [5.74, 6) is 0. The fourth-order valence-corrected chi connectivity index (χ4v) is 0.587. The molecule has 0 spiro atoms. The zero-order valence-corrected chi connectivity index (χ0v) is 8.47. The molecule has 11 heavy (non-hydrogen) atoms. The molecule has 1 aromatic rings. The molecule has 0 bridgehead atoms. The predicted octanol–water partition coefficient (Wildman–Crippen LogP) is 2.00. The summed E-state index contributed by atoms with van der Waals surface area (Å²) in [4.78, 5) is 3.09. The molecule has 0 unspecified atom stereocenters. The van der Waals surface area contributed by atoms with Crippen LogP contribution in [0.1, 0.15) is 12.6 Å². The fraction of sp³-hybridized carbons (Fsp3) is 0.429. The van der Waals surface area contributed by atoms with Gasteiger partial charge in [0, 0.05) is 11.9 Å². The van der Waals surface area contributed by atoms with Crippen LogP contribution < -0.4 is 5.73 Å². The third kappa shape index (κ3) is 7.72. The maximum Gasteiger partial charge on any atom is 0.0144 e. The van der Waals surface area contributed by atoms with Gasteiger partial charge >= 0.3 is 0 Å². The minimum Gasteiger partial charge on any atom is -0.365 e. The summed E-state index contributed by atoms with van der Waals surface area (Å²) in [6.07, 6.45) is 3.05. The number of hydrogen-bond acceptors (Lipinski definition) is 1. The Labute approximate surface area is 80.4 Å². The summed E-state index contributed by atoms with van der Waals surface area (Å²) in [6, 6.07) is 4.10. The summed E-state index contributed by atoms with van der Waals surface area (Å²) >= 11 is 0. The molecule has 0 saturated heterocycles. The highest BCUT2D eigenvalue weighted by molar-refractivity contribution is 5.85. The van der Waals surface area contributed by atoms with E-state index < -0.39 is 0 Å². The van der Waals surface area contributed by atoms with Gasteiger partial charge < -0.3 is 10.7 Å². The molecule has 0 amide bonds. The van der Waals surface area contributed by atoms with Crippen LogP contribution in [0.15, 0.2) is 18.3 Å². The normalized spacial score (nSPS) is 6.45. The Morgan fingerprint density at radius 1 is 1.36 bits per heavy atom. The van der Waals surface area contributed by atoms with Crippen molar-refractivity contribution in [2.45, 2.75) is 13.3 Å². The van der Waals surface area contributed by atoms with Crippen LogP contribution in [0.25, 0.3) is 0 Å². The molecule has 0 radical (unpaired) electrons. The largest absolute Gasteiger partial charge is 0.365 e. The van der Waals surface area contributed by atoms with Crippen LogP contribution in [-0.2, 0) is 6.42 Å². The van der Waals surface area contributed by atoms with Crippen LogP contribution in [0.4, 0.5) is 0 Å². The maximum atomic E-state index is 4.50. The molecule has 0 aliphatic heterocycles. The third-order valence-electron chi connectivity index (χ3n) is 1.04. The fourth-order valence-electron chi connectivity index (χ4n) is 0.587.